The Morgan fingerprint density at radius 2 is 2.14 bits per heavy atom. The van der Waals surface area contributed by atoms with Crippen molar-refractivity contribution in [1.29, 1.82) is 0 Å². The molecule has 1 amide bonds. The Morgan fingerprint density at radius 1 is 1.36 bits per heavy atom. The molecule has 3 rings (SSSR count). The first-order valence-electron chi connectivity index (χ1n) is 8.50. The zero-order chi connectivity index (χ0) is 15.5. The summed E-state index contributed by atoms with van der Waals surface area (Å²) in [6.07, 6.45) is 4.79. The number of ether oxygens (including phenoxy) is 1. The van der Waals surface area contributed by atoms with E-state index in [-0.39, 0.29) is 17.9 Å². The van der Waals surface area contributed by atoms with Crippen LogP contribution in [0.5, 0.6) is 0 Å². The van der Waals surface area contributed by atoms with Gasteiger partial charge in [0.25, 0.3) is 0 Å². The number of aromatic amines is 1. The van der Waals surface area contributed by atoms with E-state index in [2.05, 4.69) is 22.1 Å². The van der Waals surface area contributed by atoms with Crippen molar-refractivity contribution in [3.8, 4) is 0 Å². The number of piperidine rings is 1. The predicted octanol–water partition coefficient (Wildman–Crippen LogP) is 1.89. The summed E-state index contributed by atoms with van der Waals surface area (Å²) in [5.74, 6) is 2.55. The van der Waals surface area contributed by atoms with E-state index in [4.69, 9.17) is 4.74 Å². The van der Waals surface area contributed by atoms with Crippen LogP contribution in [0, 0.1) is 5.92 Å². The van der Waals surface area contributed by atoms with Crippen LogP contribution in [0.3, 0.4) is 0 Å². The summed E-state index contributed by atoms with van der Waals surface area (Å²) >= 11 is 0. The van der Waals surface area contributed by atoms with E-state index < -0.39 is 0 Å². The first-order chi connectivity index (χ1) is 10.7. The highest BCUT2D eigenvalue weighted by Gasteiger charge is 2.34. The van der Waals surface area contributed by atoms with Gasteiger partial charge in [-0.15, -0.1) is 0 Å². The zero-order valence-electron chi connectivity index (χ0n) is 13.5. The van der Waals surface area contributed by atoms with Gasteiger partial charge in [0.05, 0.1) is 12.0 Å². The van der Waals surface area contributed by atoms with E-state index >= 15 is 0 Å². The van der Waals surface area contributed by atoms with Crippen LogP contribution in [0.2, 0.25) is 0 Å². The van der Waals surface area contributed by atoms with E-state index in [1.807, 2.05) is 11.8 Å². The molecule has 0 radical (unpaired) electrons. The van der Waals surface area contributed by atoms with Crippen LogP contribution in [-0.2, 0) is 16.0 Å². The molecule has 0 saturated carbocycles. The maximum absolute atomic E-state index is 12.7. The second-order valence-corrected chi connectivity index (χ2v) is 6.42. The summed E-state index contributed by atoms with van der Waals surface area (Å²) < 4.78 is 5.64. The number of H-pyrrole nitrogens is 1. The average molecular weight is 306 g/mol. The Kier molecular flexibility index (Phi) is 4.76. The van der Waals surface area contributed by atoms with Crippen molar-refractivity contribution in [3.05, 3.63) is 11.6 Å². The molecule has 1 N–H and O–H groups in total. The zero-order valence-corrected chi connectivity index (χ0v) is 13.5. The summed E-state index contributed by atoms with van der Waals surface area (Å²) in [5.41, 5.74) is 0. The highest BCUT2D eigenvalue weighted by Crippen LogP contribution is 2.29. The van der Waals surface area contributed by atoms with Crippen molar-refractivity contribution >= 4 is 5.91 Å². The van der Waals surface area contributed by atoms with Crippen LogP contribution in [0.1, 0.15) is 57.1 Å². The van der Waals surface area contributed by atoms with Crippen LogP contribution in [-0.4, -0.2) is 51.8 Å². The molecule has 2 fully saturated rings. The van der Waals surface area contributed by atoms with Gasteiger partial charge < -0.3 is 9.64 Å². The van der Waals surface area contributed by atoms with Gasteiger partial charge in [-0.2, -0.15) is 5.10 Å². The topological polar surface area (TPSA) is 71.1 Å². The lowest BCUT2D eigenvalue weighted by molar-refractivity contribution is -0.145. The Balaban J connectivity index is 1.55. The van der Waals surface area contributed by atoms with Crippen LogP contribution in [0.15, 0.2) is 0 Å². The molecular weight excluding hydrogens is 280 g/mol. The molecule has 6 nitrogen and oxygen atoms in total. The minimum absolute atomic E-state index is 0.0421. The molecule has 6 heteroatoms. The number of rotatable bonds is 3. The minimum Gasteiger partial charge on any atom is -0.378 e. The molecule has 22 heavy (non-hydrogen) atoms. The number of aromatic nitrogens is 3. The van der Waals surface area contributed by atoms with Gasteiger partial charge in [-0.05, 0) is 32.6 Å². The monoisotopic (exact) mass is 306 g/mol. The molecule has 0 aromatic carbocycles. The van der Waals surface area contributed by atoms with Gasteiger partial charge in [-0.25, -0.2) is 4.98 Å². The number of aryl methyl sites for hydroxylation is 1. The molecule has 2 saturated heterocycles. The van der Waals surface area contributed by atoms with Crippen molar-refractivity contribution in [3.63, 3.8) is 0 Å². The lowest BCUT2D eigenvalue weighted by Crippen LogP contribution is -2.46. The second-order valence-electron chi connectivity index (χ2n) is 6.42. The van der Waals surface area contributed by atoms with Gasteiger partial charge in [-0.1, -0.05) is 6.92 Å². The lowest BCUT2D eigenvalue weighted by atomic mass is 9.91. The van der Waals surface area contributed by atoms with Crippen molar-refractivity contribution in [1.82, 2.24) is 20.1 Å². The molecule has 3 heterocycles. The Morgan fingerprint density at radius 3 is 2.77 bits per heavy atom. The number of hydrogen-bond acceptors (Lipinski definition) is 4. The quantitative estimate of drug-likeness (QED) is 0.925. The van der Waals surface area contributed by atoms with E-state index in [1.54, 1.807) is 0 Å². The van der Waals surface area contributed by atoms with Gasteiger partial charge >= 0.3 is 0 Å². The molecule has 1 aromatic heterocycles. The van der Waals surface area contributed by atoms with Crippen molar-refractivity contribution < 1.29 is 9.53 Å². The SMILES string of the molecule is CCc1nc(C2CCN(C(=O)[C@H]3CCCO[C@@H]3C)CC2)n[nH]1. The lowest BCUT2D eigenvalue weighted by Gasteiger charge is -2.36. The number of amides is 1. The van der Waals surface area contributed by atoms with E-state index in [0.717, 1.165) is 63.4 Å². The summed E-state index contributed by atoms with van der Waals surface area (Å²) in [6, 6.07) is 0. The highest BCUT2D eigenvalue weighted by molar-refractivity contribution is 5.79. The number of nitrogens with zero attached hydrogens (tertiary/aromatic N) is 3. The minimum atomic E-state index is 0.0421. The Labute approximate surface area is 131 Å². The summed E-state index contributed by atoms with van der Waals surface area (Å²) in [5, 5.41) is 7.31. The average Bonchev–Trinajstić information content (AvgIpc) is 3.04. The van der Waals surface area contributed by atoms with Crippen LogP contribution < -0.4 is 0 Å². The number of hydrogen-bond donors (Lipinski definition) is 1. The summed E-state index contributed by atoms with van der Waals surface area (Å²) in [6.45, 7) is 6.50. The molecule has 0 unspecified atom stereocenters. The molecule has 0 aliphatic carbocycles. The number of nitrogens with one attached hydrogen (secondary N) is 1. The second kappa shape index (κ2) is 6.77. The summed E-state index contributed by atoms with van der Waals surface area (Å²) in [4.78, 5) is 19.2. The van der Waals surface area contributed by atoms with Crippen molar-refractivity contribution in [2.75, 3.05) is 19.7 Å². The largest absolute Gasteiger partial charge is 0.378 e. The number of carbonyl (C=O) groups is 1. The molecule has 2 aliphatic rings. The van der Waals surface area contributed by atoms with Crippen molar-refractivity contribution in [2.24, 2.45) is 5.92 Å². The van der Waals surface area contributed by atoms with E-state index in [9.17, 15) is 4.79 Å². The van der Waals surface area contributed by atoms with Gasteiger partial charge in [0.1, 0.15) is 5.82 Å². The van der Waals surface area contributed by atoms with Gasteiger partial charge in [-0.3, -0.25) is 9.89 Å². The molecule has 2 aliphatic heterocycles. The van der Waals surface area contributed by atoms with Crippen LogP contribution in [0.25, 0.3) is 0 Å². The van der Waals surface area contributed by atoms with Crippen LogP contribution in [0.4, 0.5) is 0 Å². The smallest absolute Gasteiger partial charge is 0.228 e. The van der Waals surface area contributed by atoms with Gasteiger partial charge in [0, 0.05) is 32.0 Å². The third kappa shape index (κ3) is 3.16. The van der Waals surface area contributed by atoms with Gasteiger partial charge in [0.15, 0.2) is 5.82 Å². The number of carbonyl (C=O) groups excluding carboxylic acids is 1. The third-order valence-corrected chi connectivity index (χ3v) is 4.98. The third-order valence-electron chi connectivity index (χ3n) is 4.98. The molecule has 0 spiro atoms. The van der Waals surface area contributed by atoms with E-state index in [1.165, 1.54) is 0 Å². The fourth-order valence-electron chi connectivity index (χ4n) is 3.49. The molecule has 2 atom stereocenters. The standard InChI is InChI=1S/C16H26N4O2/c1-3-14-17-15(19-18-14)12-6-8-20(9-7-12)16(21)13-5-4-10-22-11(13)2/h11-13H,3-10H2,1-2H3,(H,17,18,19)/t11-,13+/m1/s1. The first kappa shape index (κ1) is 15.5. The molecule has 0 bridgehead atoms. The first-order valence-corrected chi connectivity index (χ1v) is 8.50. The molecule has 1 aromatic rings. The van der Waals surface area contributed by atoms with Crippen molar-refractivity contribution in [2.45, 2.75) is 58.0 Å². The fraction of sp³-hybridized carbons (Fsp3) is 0.812. The maximum Gasteiger partial charge on any atom is 0.228 e. The Bertz CT molecular complexity index is 508. The summed E-state index contributed by atoms with van der Waals surface area (Å²) in [7, 11) is 0. The van der Waals surface area contributed by atoms with E-state index in [0.29, 0.717) is 5.92 Å². The highest BCUT2D eigenvalue weighted by atomic mass is 16.5. The van der Waals surface area contributed by atoms with Crippen LogP contribution >= 0.6 is 0 Å². The fourth-order valence-corrected chi connectivity index (χ4v) is 3.49. The maximum atomic E-state index is 12.7. The predicted molar refractivity (Wildman–Crippen MR) is 82.5 cm³/mol. The molecule has 122 valence electrons. The molecular formula is C16H26N4O2. The van der Waals surface area contributed by atoms with Gasteiger partial charge in [0.2, 0.25) is 5.91 Å². The normalized spacial score (nSPS) is 27.1. The Hall–Kier alpha value is -1.43. The number of likely N-dealkylation sites (tertiary alicyclic amines) is 1.